The molecule has 1 aromatic carbocycles. The van der Waals surface area contributed by atoms with Crippen molar-refractivity contribution >= 4 is 18.4 Å². The number of aromatic carboxylic acids is 1. The van der Waals surface area contributed by atoms with Gasteiger partial charge in [-0.25, -0.2) is 0 Å². The Balaban J connectivity index is 1.46. The lowest BCUT2D eigenvalue weighted by molar-refractivity contribution is -0.255. The number of hydrogen-bond donors (Lipinski definition) is 4. The maximum Gasteiger partial charge on any atom is 0.246 e. The van der Waals surface area contributed by atoms with Crippen LogP contribution in [0.3, 0.4) is 0 Å². The van der Waals surface area contributed by atoms with Crippen LogP contribution >= 0.6 is 0 Å². The second-order valence-corrected chi connectivity index (χ2v) is 7.60. The molecular formula is C17H20BN5O6-2. The number of nitrogens with zero attached hydrogens (tertiary/aromatic N) is 3. The highest BCUT2D eigenvalue weighted by Gasteiger charge is 2.37. The average molecular weight is 401 g/mol. The molecule has 11 nitrogen and oxygen atoms in total. The van der Waals surface area contributed by atoms with Crippen molar-refractivity contribution in [2.75, 3.05) is 13.1 Å². The van der Waals surface area contributed by atoms with Crippen molar-refractivity contribution in [2.45, 2.75) is 31.2 Å². The van der Waals surface area contributed by atoms with Crippen molar-refractivity contribution in [1.82, 2.24) is 20.3 Å². The third-order valence-corrected chi connectivity index (χ3v) is 5.45. The van der Waals surface area contributed by atoms with E-state index in [9.17, 15) is 24.7 Å². The van der Waals surface area contributed by atoms with E-state index in [2.05, 4.69) is 15.4 Å². The SMILES string of the molecule is NC(C(=O)N1CC(Oc2ccc3c(c2C(=O)[O-])C[B-](O)(O)CC3)C1)c1cn[nH]n1. The van der Waals surface area contributed by atoms with E-state index in [0.29, 0.717) is 17.7 Å². The Morgan fingerprint density at radius 3 is 2.79 bits per heavy atom. The summed E-state index contributed by atoms with van der Waals surface area (Å²) in [6, 6.07) is 2.33. The summed E-state index contributed by atoms with van der Waals surface area (Å²) in [5.74, 6) is -1.68. The van der Waals surface area contributed by atoms with Crippen LogP contribution in [0.25, 0.3) is 0 Å². The Morgan fingerprint density at radius 1 is 1.38 bits per heavy atom. The van der Waals surface area contributed by atoms with Gasteiger partial charge in [0.15, 0.2) is 0 Å². The summed E-state index contributed by atoms with van der Waals surface area (Å²) in [6.07, 6.45) is 1.36. The Morgan fingerprint density at radius 2 is 2.14 bits per heavy atom. The second-order valence-electron chi connectivity index (χ2n) is 7.60. The number of hydrogen-bond acceptors (Lipinski definition) is 9. The third-order valence-electron chi connectivity index (χ3n) is 5.45. The maximum atomic E-state index is 12.4. The molecule has 0 spiro atoms. The maximum absolute atomic E-state index is 12.4. The molecule has 1 fully saturated rings. The average Bonchev–Trinajstić information content (AvgIpc) is 3.16. The summed E-state index contributed by atoms with van der Waals surface area (Å²) in [5, 5.41) is 41.5. The van der Waals surface area contributed by atoms with Crippen LogP contribution in [0.1, 0.15) is 33.2 Å². The number of carbonyl (C=O) groups excluding carboxylic acids is 2. The first-order chi connectivity index (χ1) is 13.7. The molecule has 1 unspecified atom stereocenters. The van der Waals surface area contributed by atoms with Crippen LogP contribution in [0.2, 0.25) is 6.32 Å². The van der Waals surface area contributed by atoms with Gasteiger partial charge in [-0.15, -0.1) is 12.6 Å². The lowest BCUT2D eigenvalue weighted by Crippen LogP contribution is -2.58. The van der Waals surface area contributed by atoms with Gasteiger partial charge in [0.25, 0.3) is 0 Å². The molecule has 3 heterocycles. The number of carboxylic acids is 1. The minimum Gasteiger partial charge on any atom is -0.583 e. The first kappa shape index (κ1) is 19.4. The van der Waals surface area contributed by atoms with Gasteiger partial charge in [0.1, 0.15) is 23.6 Å². The van der Waals surface area contributed by atoms with Gasteiger partial charge in [-0.1, -0.05) is 18.1 Å². The molecule has 2 aliphatic heterocycles. The molecule has 2 aliphatic rings. The van der Waals surface area contributed by atoms with Crippen molar-refractivity contribution in [3.63, 3.8) is 0 Å². The topological polar surface area (TPSA) is 178 Å². The molecule has 0 radical (unpaired) electrons. The standard InChI is InChI=1S/C17H21BN5O6/c19-15(12-6-20-22-21-12)16(24)23-7-10(8-23)29-13-2-1-9-3-4-18(27,28)5-11(9)14(13)17(25)26/h1-2,6,10,15,27-28H,3-5,7-8,19H2,(H,25,26)(H,20,21,22)/q-1/p-1. The summed E-state index contributed by atoms with van der Waals surface area (Å²) in [4.78, 5) is 25.6. The van der Waals surface area contributed by atoms with Crippen LogP contribution in [-0.4, -0.2) is 68.0 Å². The molecular weight excluding hydrogens is 381 g/mol. The van der Waals surface area contributed by atoms with Crippen molar-refractivity contribution in [3.8, 4) is 5.75 Å². The largest absolute Gasteiger partial charge is 0.583 e. The predicted octanol–water partition coefficient (Wildman–Crippen LogP) is -2.48. The minimum absolute atomic E-state index is 0.0927. The normalized spacial score (nSPS) is 19.2. The highest BCUT2D eigenvalue weighted by Crippen LogP contribution is 2.34. The molecule has 4 rings (SSSR count). The predicted molar refractivity (Wildman–Crippen MR) is 97.5 cm³/mol. The van der Waals surface area contributed by atoms with Crippen molar-refractivity contribution in [2.24, 2.45) is 5.73 Å². The highest BCUT2D eigenvalue weighted by molar-refractivity contribution is 6.64. The highest BCUT2D eigenvalue weighted by atomic mass is 16.5. The monoisotopic (exact) mass is 401 g/mol. The molecule has 0 saturated carbocycles. The molecule has 2 aromatic rings. The van der Waals surface area contributed by atoms with E-state index in [1.807, 2.05) is 0 Å². The number of rotatable bonds is 5. The van der Waals surface area contributed by atoms with Gasteiger partial charge in [-0.3, -0.25) is 4.79 Å². The van der Waals surface area contributed by atoms with Crippen molar-refractivity contribution in [3.05, 3.63) is 40.7 Å². The van der Waals surface area contributed by atoms with Crippen molar-refractivity contribution < 1.29 is 29.5 Å². The van der Waals surface area contributed by atoms with E-state index in [1.165, 1.54) is 11.1 Å². The quantitative estimate of drug-likeness (QED) is 0.395. The summed E-state index contributed by atoms with van der Waals surface area (Å²) in [7, 11) is 0. The molecule has 12 heteroatoms. The Kier molecular flexibility index (Phi) is 4.77. The van der Waals surface area contributed by atoms with Crippen LogP contribution in [0.15, 0.2) is 18.3 Å². The van der Waals surface area contributed by atoms with Crippen molar-refractivity contribution in [1.29, 1.82) is 0 Å². The number of ether oxygens (including phenoxy) is 1. The zero-order valence-electron chi connectivity index (χ0n) is 15.4. The number of aryl methyl sites for hydroxylation is 1. The van der Waals surface area contributed by atoms with E-state index in [-0.39, 0.29) is 43.0 Å². The molecule has 1 amide bonds. The number of amides is 1. The number of H-pyrrole nitrogens is 1. The molecule has 0 aliphatic carbocycles. The number of fused-ring (bicyclic) bond motifs is 1. The minimum atomic E-state index is -2.64. The lowest BCUT2D eigenvalue weighted by Gasteiger charge is -2.41. The molecule has 29 heavy (non-hydrogen) atoms. The number of carboxylic acid groups (broad SMARTS) is 1. The first-order valence-corrected chi connectivity index (χ1v) is 9.30. The van der Waals surface area contributed by atoms with Crippen LogP contribution in [0, 0.1) is 0 Å². The molecule has 0 bridgehead atoms. The Hall–Kier alpha value is -2.96. The summed E-state index contributed by atoms with van der Waals surface area (Å²) in [6.45, 7) is -2.17. The smallest absolute Gasteiger partial charge is 0.246 e. The zero-order valence-corrected chi connectivity index (χ0v) is 15.4. The molecule has 5 N–H and O–H groups in total. The molecule has 1 saturated heterocycles. The van der Waals surface area contributed by atoms with Gasteiger partial charge in [-0.05, 0) is 11.6 Å². The van der Waals surface area contributed by atoms with E-state index < -0.39 is 24.7 Å². The number of aromatic nitrogens is 3. The molecule has 1 atom stereocenters. The van der Waals surface area contributed by atoms with Gasteiger partial charge >= 0.3 is 0 Å². The van der Waals surface area contributed by atoms with Gasteiger partial charge in [-0.2, -0.15) is 15.4 Å². The van der Waals surface area contributed by atoms with Gasteiger partial charge < -0.3 is 35.3 Å². The van der Waals surface area contributed by atoms with E-state index in [1.54, 1.807) is 12.1 Å². The van der Waals surface area contributed by atoms with Gasteiger partial charge in [0.2, 0.25) is 12.5 Å². The number of likely N-dealkylation sites (tertiary alicyclic amines) is 1. The Bertz CT molecular complexity index is 944. The molecule has 1 aromatic heterocycles. The van der Waals surface area contributed by atoms with E-state index in [4.69, 9.17) is 10.5 Å². The zero-order chi connectivity index (χ0) is 20.8. The fourth-order valence-electron chi connectivity index (χ4n) is 3.83. The number of carbonyl (C=O) groups is 2. The van der Waals surface area contributed by atoms with Gasteiger partial charge in [0.05, 0.1) is 25.3 Å². The number of nitrogens with two attached hydrogens (primary N) is 1. The van der Waals surface area contributed by atoms with E-state index >= 15 is 0 Å². The molecule has 154 valence electrons. The van der Waals surface area contributed by atoms with E-state index in [0.717, 1.165) is 5.56 Å². The summed E-state index contributed by atoms with van der Waals surface area (Å²) >= 11 is 0. The third kappa shape index (κ3) is 3.69. The Labute approximate surface area is 165 Å². The van der Waals surface area contributed by atoms with Crippen LogP contribution in [-0.2, 0) is 17.5 Å². The second kappa shape index (κ2) is 7.14. The van der Waals surface area contributed by atoms with Crippen LogP contribution < -0.4 is 15.6 Å². The van der Waals surface area contributed by atoms with Crippen LogP contribution in [0.4, 0.5) is 0 Å². The summed E-state index contributed by atoms with van der Waals surface area (Å²) in [5.41, 5.74) is 7.10. The summed E-state index contributed by atoms with van der Waals surface area (Å²) < 4.78 is 5.78. The number of benzene rings is 1. The lowest BCUT2D eigenvalue weighted by atomic mass is 9.47. The fraction of sp³-hybridized carbons (Fsp3) is 0.412. The van der Waals surface area contributed by atoms with Gasteiger partial charge in [0, 0.05) is 5.56 Å². The number of nitrogens with one attached hydrogen (secondary N) is 1. The van der Waals surface area contributed by atoms with Crippen LogP contribution in [0.5, 0.6) is 5.75 Å². The number of aromatic amines is 1. The first-order valence-electron chi connectivity index (χ1n) is 9.30. The fourth-order valence-corrected chi connectivity index (χ4v) is 3.83.